The van der Waals surface area contributed by atoms with Gasteiger partial charge in [-0.2, -0.15) is 0 Å². The molecule has 2 amide bonds. The molecule has 5 nitrogen and oxygen atoms in total. The summed E-state index contributed by atoms with van der Waals surface area (Å²) in [7, 11) is 1.64. The smallest absolute Gasteiger partial charge is 0.242 e. The number of carbonyl (C=O) groups is 2. The van der Waals surface area contributed by atoms with Crippen molar-refractivity contribution in [2.24, 2.45) is 5.73 Å². The standard InChI is InChI=1S/C15H21N3O2/c1-3-11-4-6-12(7-5-11)13(16)8-18-10-14(19)17(2)9-15(18)20/h4-7,13H,3,8-10,16H2,1-2H3. The number of rotatable bonds is 4. The molecule has 0 spiro atoms. The number of amides is 2. The molecule has 0 saturated carbocycles. The minimum atomic E-state index is -0.263. The topological polar surface area (TPSA) is 66.6 Å². The Morgan fingerprint density at radius 1 is 1.15 bits per heavy atom. The monoisotopic (exact) mass is 275 g/mol. The van der Waals surface area contributed by atoms with Crippen LogP contribution in [0, 0.1) is 0 Å². The molecule has 1 aliphatic rings. The molecule has 0 aliphatic carbocycles. The first kappa shape index (κ1) is 14.5. The van der Waals surface area contributed by atoms with E-state index < -0.39 is 0 Å². The Morgan fingerprint density at radius 3 is 2.40 bits per heavy atom. The number of aryl methyl sites for hydroxylation is 1. The third kappa shape index (κ3) is 3.17. The van der Waals surface area contributed by atoms with Gasteiger partial charge in [0.25, 0.3) is 0 Å². The Balaban J connectivity index is 2.01. The highest BCUT2D eigenvalue weighted by Gasteiger charge is 2.28. The fraction of sp³-hybridized carbons (Fsp3) is 0.467. The SMILES string of the molecule is CCc1ccc(C(N)CN2CC(=O)N(C)CC2=O)cc1. The molecule has 1 heterocycles. The molecule has 20 heavy (non-hydrogen) atoms. The van der Waals surface area contributed by atoms with Crippen molar-refractivity contribution in [3.63, 3.8) is 0 Å². The maximum Gasteiger partial charge on any atom is 0.242 e. The molecule has 0 radical (unpaired) electrons. The van der Waals surface area contributed by atoms with E-state index >= 15 is 0 Å². The number of hydrogen-bond donors (Lipinski definition) is 1. The molecule has 1 atom stereocenters. The molecule has 1 saturated heterocycles. The van der Waals surface area contributed by atoms with Gasteiger partial charge in [0.15, 0.2) is 0 Å². The lowest BCUT2D eigenvalue weighted by molar-refractivity contribution is -0.148. The van der Waals surface area contributed by atoms with Gasteiger partial charge in [-0.3, -0.25) is 9.59 Å². The van der Waals surface area contributed by atoms with E-state index in [0.717, 1.165) is 12.0 Å². The van der Waals surface area contributed by atoms with Crippen molar-refractivity contribution in [1.29, 1.82) is 0 Å². The number of benzene rings is 1. The number of hydrogen-bond acceptors (Lipinski definition) is 3. The molecule has 0 bridgehead atoms. The minimum absolute atomic E-state index is 0.0434. The van der Waals surface area contributed by atoms with Crippen LogP contribution in [-0.4, -0.2) is 48.3 Å². The van der Waals surface area contributed by atoms with Gasteiger partial charge in [0.1, 0.15) is 0 Å². The molecule has 1 aliphatic heterocycles. The van der Waals surface area contributed by atoms with Gasteiger partial charge in [-0.05, 0) is 17.5 Å². The molecule has 1 fully saturated rings. The van der Waals surface area contributed by atoms with E-state index in [9.17, 15) is 9.59 Å². The summed E-state index contributed by atoms with van der Waals surface area (Å²) in [6.07, 6.45) is 0.987. The Labute approximate surface area is 119 Å². The lowest BCUT2D eigenvalue weighted by Crippen LogP contribution is -2.53. The molecule has 1 aromatic rings. The Morgan fingerprint density at radius 2 is 1.80 bits per heavy atom. The number of nitrogens with zero attached hydrogens (tertiary/aromatic N) is 2. The Hall–Kier alpha value is -1.88. The number of likely N-dealkylation sites (N-methyl/N-ethyl adjacent to an activating group) is 1. The first-order chi connectivity index (χ1) is 9.51. The largest absolute Gasteiger partial charge is 0.335 e. The van der Waals surface area contributed by atoms with Gasteiger partial charge in [-0.25, -0.2) is 0 Å². The normalized spacial score (nSPS) is 17.6. The maximum absolute atomic E-state index is 11.9. The van der Waals surface area contributed by atoms with Crippen LogP contribution in [0.1, 0.15) is 24.1 Å². The number of carbonyl (C=O) groups excluding carboxylic acids is 2. The average molecular weight is 275 g/mol. The Bertz CT molecular complexity index is 498. The summed E-state index contributed by atoms with van der Waals surface area (Å²) >= 11 is 0. The quantitative estimate of drug-likeness (QED) is 0.872. The zero-order valence-electron chi connectivity index (χ0n) is 12.0. The predicted octanol–water partition coefficient (Wildman–Crippen LogP) is 0.549. The summed E-state index contributed by atoms with van der Waals surface area (Å²) in [5.41, 5.74) is 8.38. The lowest BCUT2D eigenvalue weighted by Gasteiger charge is -2.33. The first-order valence-corrected chi connectivity index (χ1v) is 6.87. The van der Waals surface area contributed by atoms with Crippen LogP contribution in [0.15, 0.2) is 24.3 Å². The van der Waals surface area contributed by atoms with E-state index in [-0.39, 0.29) is 30.9 Å². The molecule has 2 N–H and O–H groups in total. The van der Waals surface area contributed by atoms with Crippen LogP contribution in [0.3, 0.4) is 0 Å². The van der Waals surface area contributed by atoms with Gasteiger partial charge in [-0.1, -0.05) is 31.2 Å². The second-order valence-electron chi connectivity index (χ2n) is 5.23. The van der Waals surface area contributed by atoms with Crippen LogP contribution in [0.5, 0.6) is 0 Å². The van der Waals surface area contributed by atoms with E-state index in [1.165, 1.54) is 10.5 Å². The average Bonchev–Trinajstić information content (AvgIpc) is 2.44. The van der Waals surface area contributed by atoms with E-state index in [1.807, 2.05) is 24.3 Å². The van der Waals surface area contributed by atoms with Crippen LogP contribution in [0.25, 0.3) is 0 Å². The van der Waals surface area contributed by atoms with Crippen LogP contribution in [-0.2, 0) is 16.0 Å². The van der Waals surface area contributed by atoms with Crippen molar-refractivity contribution in [2.75, 3.05) is 26.7 Å². The zero-order chi connectivity index (χ0) is 14.7. The summed E-state index contributed by atoms with van der Waals surface area (Å²) in [6.45, 7) is 2.74. The van der Waals surface area contributed by atoms with Crippen LogP contribution in [0.4, 0.5) is 0 Å². The van der Waals surface area contributed by atoms with Crippen molar-refractivity contribution < 1.29 is 9.59 Å². The van der Waals surface area contributed by atoms with Crippen molar-refractivity contribution in [3.05, 3.63) is 35.4 Å². The molecule has 0 aromatic heterocycles. The maximum atomic E-state index is 11.9. The molecular weight excluding hydrogens is 254 g/mol. The summed E-state index contributed by atoms with van der Waals surface area (Å²) in [5, 5.41) is 0. The highest BCUT2D eigenvalue weighted by molar-refractivity contribution is 5.92. The fourth-order valence-electron chi connectivity index (χ4n) is 2.27. The number of piperazine rings is 1. The van der Waals surface area contributed by atoms with Gasteiger partial charge < -0.3 is 15.5 Å². The van der Waals surface area contributed by atoms with Crippen LogP contribution >= 0.6 is 0 Å². The van der Waals surface area contributed by atoms with Crippen molar-refractivity contribution in [2.45, 2.75) is 19.4 Å². The highest BCUT2D eigenvalue weighted by Crippen LogP contribution is 2.15. The first-order valence-electron chi connectivity index (χ1n) is 6.87. The summed E-state index contributed by atoms with van der Waals surface area (Å²) in [4.78, 5) is 26.5. The molecule has 108 valence electrons. The van der Waals surface area contributed by atoms with E-state index in [0.29, 0.717) is 6.54 Å². The van der Waals surface area contributed by atoms with Gasteiger partial charge in [0, 0.05) is 19.6 Å². The van der Waals surface area contributed by atoms with Crippen molar-refractivity contribution >= 4 is 11.8 Å². The molecule has 1 aromatic carbocycles. The third-order valence-electron chi connectivity index (χ3n) is 3.71. The number of nitrogens with two attached hydrogens (primary N) is 1. The molecule has 1 unspecified atom stereocenters. The van der Waals surface area contributed by atoms with E-state index in [4.69, 9.17) is 5.73 Å². The molecule has 5 heteroatoms. The van der Waals surface area contributed by atoms with Crippen molar-refractivity contribution in [1.82, 2.24) is 9.80 Å². The lowest BCUT2D eigenvalue weighted by atomic mass is 10.0. The fourth-order valence-corrected chi connectivity index (χ4v) is 2.27. The van der Waals surface area contributed by atoms with Gasteiger partial charge in [0.05, 0.1) is 13.1 Å². The molecular formula is C15H21N3O2. The second kappa shape index (κ2) is 6.05. The zero-order valence-corrected chi connectivity index (χ0v) is 12.0. The van der Waals surface area contributed by atoms with Crippen molar-refractivity contribution in [3.8, 4) is 0 Å². The van der Waals surface area contributed by atoms with Gasteiger partial charge >= 0.3 is 0 Å². The summed E-state index contributed by atoms with van der Waals surface area (Å²) in [5.74, 6) is -0.0918. The molecule has 2 rings (SSSR count). The highest BCUT2D eigenvalue weighted by atomic mass is 16.2. The van der Waals surface area contributed by atoms with Crippen LogP contribution < -0.4 is 5.73 Å². The van der Waals surface area contributed by atoms with Gasteiger partial charge in [-0.15, -0.1) is 0 Å². The van der Waals surface area contributed by atoms with E-state index in [1.54, 1.807) is 11.9 Å². The van der Waals surface area contributed by atoms with Crippen LogP contribution in [0.2, 0.25) is 0 Å². The minimum Gasteiger partial charge on any atom is -0.335 e. The Kier molecular flexibility index (Phi) is 4.39. The summed E-state index contributed by atoms with van der Waals surface area (Å²) < 4.78 is 0. The predicted molar refractivity (Wildman–Crippen MR) is 77.0 cm³/mol. The second-order valence-corrected chi connectivity index (χ2v) is 5.23. The van der Waals surface area contributed by atoms with E-state index in [2.05, 4.69) is 6.92 Å². The summed E-state index contributed by atoms with van der Waals surface area (Å²) in [6, 6.07) is 7.82. The third-order valence-corrected chi connectivity index (χ3v) is 3.71. The van der Waals surface area contributed by atoms with Gasteiger partial charge in [0.2, 0.25) is 11.8 Å².